The summed E-state index contributed by atoms with van der Waals surface area (Å²) in [5.41, 5.74) is -0.472. The normalized spacial score (nSPS) is 29.1. The van der Waals surface area contributed by atoms with Crippen molar-refractivity contribution in [2.45, 2.75) is 44.5 Å². The maximum Gasteiger partial charge on any atom is 0.309 e. The highest BCUT2D eigenvalue weighted by molar-refractivity contribution is 7.79. The molecular weight excluding hydrogens is 204 g/mol. The van der Waals surface area contributed by atoms with Gasteiger partial charge in [0.2, 0.25) is 0 Å². The number of rotatable bonds is 2. The van der Waals surface area contributed by atoms with Gasteiger partial charge in [0.15, 0.2) is 11.1 Å². The van der Waals surface area contributed by atoms with Gasteiger partial charge in [-0.1, -0.05) is 0 Å². The third kappa shape index (κ3) is 3.06. The summed E-state index contributed by atoms with van der Waals surface area (Å²) >= 11 is -1.79. The lowest BCUT2D eigenvalue weighted by atomic mass is 9.85. The number of ether oxygens (including phenoxy) is 1. The summed E-state index contributed by atoms with van der Waals surface area (Å²) < 4.78 is 24.5. The van der Waals surface area contributed by atoms with E-state index in [0.717, 1.165) is 0 Å². The van der Waals surface area contributed by atoms with E-state index in [1.165, 1.54) is 0 Å². The topological polar surface area (TPSA) is 63.6 Å². The van der Waals surface area contributed by atoms with Gasteiger partial charge in [-0.3, -0.25) is 4.79 Å². The molecule has 0 aliphatic heterocycles. The van der Waals surface area contributed by atoms with Gasteiger partial charge in [-0.05, 0) is 33.6 Å². The second-order valence-corrected chi connectivity index (χ2v) is 5.82. The van der Waals surface area contributed by atoms with Crippen LogP contribution in [0.4, 0.5) is 0 Å². The van der Waals surface area contributed by atoms with E-state index in [9.17, 15) is 9.00 Å². The zero-order valence-electron chi connectivity index (χ0n) is 8.65. The lowest BCUT2D eigenvalue weighted by Gasteiger charge is -2.33. The monoisotopic (exact) mass is 220 g/mol. The number of hydrogen-bond acceptors (Lipinski definition) is 3. The zero-order chi connectivity index (χ0) is 10.9. The molecule has 14 heavy (non-hydrogen) atoms. The molecule has 1 rings (SSSR count). The first-order valence-corrected chi connectivity index (χ1v) is 5.79. The van der Waals surface area contributed by atoms with E-state index in [-0.39, 0.29) is 17.1 Å². The second-order valence-electron chi connectivity index (χ2n) is 4.60. The van der Waals surface area contributed by atoms with E-state index < -0.39 is 16.7 Å². The first kappa shape index (κ1) is 11.7. The van der Waals surface area contributed by atoms with Crippen LogP contribution in [0.5, 0.6) is 0 Å². The molecule has 0 heterocycles. The molecule has 1 aliphatic rings. The van der Waals surface area contributed by atoms with Gasteiger partial charge in [-0.2, -0.15) is 0 Å². The predicted molar refractivity (Wildman–Crippen MR) is 53.1 cm³/mol. The molecule has 0 bridgehead atoms. The Hall–Kier alpha value is -0.420. The summed E-state index contributed by atoms with van der Waals surface area (Å²) in [6, 6.07) is 0. The Morgan fingerprint density at radius 1 is 1.43 bits per heavy atom. The molecule has 0 saturated heterocycles. The molecule has 0 aromatic rings. The maximum absolute atomic E-state index is 11.4. The van der Waals surface area contributed by atoms with E-state index in [2.05, 4.69) is 0 Å². The maximum atomic E-state index is 11.4. The third-order valence-corrected chi connectivity index (χ3v) is 3.08. The molecule has 0 aromatic heterocycles. The largest absolute Gasteiger partial charge is 0.460 e. The quantitative estimate of drug-likeness (QED) is 0.563. The highest BCUT2D eigenvalue weighted by Crippen LogP contribution is 2.32. The molecular formula is C9H16O4S. The predicted octanol–water partition coefficient (Wildman–Crippen LogP) is 1.33. The van der Waals surface area contributed by atoms with Crippen LogP contribution in [0.2, 0.25) is 0 Å². The fraction of sp³-hybridized carbons (Fsp3) is 0.889. The van der Waals surface area contributed by atoms with Crippen molar-refractivity contribution in [2.75, 3.05) is 0 Å². The van der Waals surface area contributed by atoms with Crippen LogP contribution < -0.4 is 0 Å². The van der Waals surface area contributed by atoms with Crippen LogP contribution >= 0.6 is 0 Å². The van der Waals surface area contributed by atoms with Crippen molar-refractivity contribution in [3.8, 4) is 0 Å². The summed E-state index contributed by atoms with van der Waals surface area (Å²) in [5.74, 6) is -0.436. The van der Waals surface area contributed by atoms with Crippen LogP contribution in [0.3, 0.4) is 0 Å². The molecule has 1 fully saturated rings. The molecule has 1 atom stereocenters. The van der Waals surface area contributed by atoms with Gasteiger partial charge in [0.05, 0.1) is 11.2 Å². The molecule has 5 heteroatoms. The highest BCUT2D eigenvalue weighted by atomic mass is 32.2. The Kier molecular flexibility index (Phi) is 3.32. The Morgan fingerprint density at radius 2 is 1.93 bits per heavy atom. The lowest BCUT2D eigenvalue weighted by molar-refractivity contribution is -0.162. The molecule has 0 amide bonds. The van der Waals surface area contributed by atoms with E-state index >= 15 is 0 Å². The van der Waals surface area contributed by atoms with Crippen LogP contribution in [0.1, 0.15) is 33.6 Å². The number of carbonyl (C=O) groups is 1. The van der Waals surface area contributed by atoms with Gasteiger partial charge in [0.25, 0.3) is 0 Å². The van der Waals surface area contributed by atoms with Crippen LogP contribution in [0.25, 0.3) is 0 Å². The van der Waals surface area contributed by atoms with Crippen molar-refractivity contribution >= 4 is 17.0 Å². The van der Waals surface area contributed by atoms with Gasteiger partial charge in [-0.25, -0.2) is 4.21 Å². The summed E-state index contributed by atoms with van der Waals surface area (Å²) in [4.78, 5) is 11.4. The molecule has 1 N–H and O–H groups in total. The smallest absolute Gasteiger partial charge is 0.309 e. The van der Waals surface area contributed by atoms with Crippen molar-refractivity contribution in [3.63, 3.8) is 0 Å². The van der Waals surface area contributed by atoms with Crippen LogP contribution in [0.15, 0.2) is 0 Å². The molecule has 0 radical (unpaired) electrons. The molecule has 0 spiro atoms. The Bertz CT molecular complexity index is 250. The third-order valence-electron chi connectivity index (χ3n) is 2.12. The van der Waals surface area contributed by atoms with Crippen molar-refractivity contribution in [3.05, 3.63) is 0 Å². The van der Waals surface area contributed by atoms with Crippen LogP contribution in [-0.4, -0.2) is 25.6 Å². The van der Waals surface area contributed by atoms with Crippen LogP contribution in [0, 0.1) is 5.92 Å². The van der Waals surface area contributed by atoms with Gasteiger partial charge in [-0.15, -0.1) is 0 Å². The van der Waals surface area contributed by atoms with Crippen molar-refractivity contribution in [1.29, 1.82) is 0 Å². The van der Waals surface area contributed by atoms with Crippen LogP contribution in [-0.2, 0) is 20.6 Å². The van der Waals surface area contributed by atoms with E-state index in [1.54, 1.807) is 0 Å². The molecule has 1 aliphatic carbocycles. The Balaban J connectivity index is 2.34. The number of carbonyl (C=O) groups excluding carboxylic acids is 1. The molecule has 1 unspecified atom stereocenters. The van der Waals surface area contributed by atoms with Crippen molar-refractivity contribution in [1.82, 2.24) is 0 Å². The van der Waals surface area contributed by atoms with E-state index in [4.69, 9.17) is 9.29 Å². The Labute approximate surface area is 86.3 Å². The minimum atomic E-state index is -1.79. The highest BCUT2D eigenvalue weighted by Gasteiger charge is 2.40. The number of hydrogen-bond donors (Lipinski definition) is 1. The van der Waals surface area contributed by atoms with E-state index in [0.29, 0.717) is 12.8 Å². The summed E-state index contributed by atoms with van der Waals surface area (Å²) in [6.45, 7) is 5.43. The van der Waals surface area contributed by atoms with Gasteiger partial charge < -0.3 is 9.29 Å². The van der Waals surface area contributed by atoms with E-state index in [1.807, 2.05) is 20.8 Å². The molecule has 1 saturated carbocycles. The first-order valence-electron chi connectivity index (χ1n) is 4.62. The average molecular weight is 220 g/mol. The first-order chi connectivity index (χ1) is 6.29. The SMILES string of the molecule is CC(C)(C)OC(=O)C1CC(S(=O)O)C1. The average Bonchev–Trinajstić information content (AvgIpc) is 1.75. The fourth-order valence-corrected chi connectivity index (χ4v) is 2.10. The lowest BCUT2D eigenvalue weighted by Crippen LogP contribution is -2.40. The minimum absolute atomic E-state index is 0.185. The van der Waals surface area contributed by atoms with Crippen molar-refractivity contribution in [2.24, 2.45) is 5.92 Å². The number of esters is 1. The Morgan fingerprint density at radius 3 is 2.29 bits per heavy atom. The summed E-state index contributed by atoms with van der Waals surface area (Å²) in [6.07, 6.45) is 0.941. The molecule has 0 aromatic carbocycles. The zero-order valence-corrected chi connectivity index (χ0v) is 9.47. The van der Waals surface area contributed by atoms with Gasteiger partial charge in [0.1, 0.15) is 5.60 Å². The van der Waals surface area contributed by atoms with Gasteiger partial charge >= 0.3 is 5.97 Å². The summed E-state index contributed by atoms with van der Waals surface area (Å²) in [7, 11) is 0. The molecule has 4 nitrogen and oxygen atoms in total. The standard InChI is InChI=1S/C9H16O4S/c1-9(2,3)13-8(10)6-4-7(5-6)14(11)12/h6-7H,4-5H2,1-3H3,(H,11,12). The second kappa shape index (κ2) is 3.98. The van der Waals surface area contributed by atoms with Gasteiger partial charge in [0, 0.05) is 0 Å². The fourth-order valence-electron chi connectivity index (χ4n) is 1.31. The summed E-state index contributed by atoms with van der Waals surface area (Å²) in [5, 5.41) is -0.243. The van der Waals surface area contributed by atoms with Crippen molar-refractivity contribution < 1.29 is 18.3 Å². The molecule has 82 valence electrons. The minimum Gasteiger partial charge on any atom is -0.460 e.